The highest BCUT2D eigenvalue weighted by atomic mass is 32.2. The lowest BCUT2D eigenvalue weighted by atomic mass is 10.1. The van der Waals surface area contributed by atoms with Crippen molar-refractivity contribution in [1.82, 2.24) is 14.5 Å². The second kappa shape index (κ2) is 10.3. The zero-order valence-corrected chi connectivity index (χ0v) is 20.2. The highest BCUT2D eigenvalue weighted by Gasteiger charge is 2.18. The van der Waals surface area contributed by atoms with Gasteiger partial charge in [0.2, 0.25) is 5.91 Å². The summed E-state index contributed by atoms with van der Waals surface area (Å²) in [7, 11) is 0. The molecule has 180 valence electrons. The number of ether oxygens (including phenoxy) is 2. The number of carbonyl (C=O) groups is 1. The average Bonchev–Trinajstić information content (AvgIpc) is 3.32. The summed E-state index contributed by atoms with van der Waals surface area (Å²) in [4.78, 5) is 34.0. The van der Waals surface area contributed by atoms with E-state index in [2.05, 4.69) is 17.2 Å². The van der Waals surface area contributed by atoms with Crippen LogP contribution in [0.4, 0.5) is 5.69 Å². The Bertz CT molecular complexity index is 1410. The number of benzene rings is 2. The minimum absolute atomic E-state index is 0.115. The van der Waals surface area contributed by atoms with Gasteiger partial charge in [0.25, 0.3) is 5.56 Å². The van der Waals surface area contributed by atoms with Crippen LogP contribution in [0, 0.1) is 0 Å². The first kappa shape index (κ1) is 23.0. The summed E-state index contributed by atoms with van der Waals surface area (Å²) in [5.41, 5.74) is 3.44. The Balaban J connectivity index is 1.40. The predicted octanol–water partition coefficient (Wildman–Crippen LogP) is 4.69. The first-order chi connectivity index (χ1) is 17.1. The Morgan fingerprint density at radius 1 is 1.14 bits per heavy atom. The number of unbranched alkanes of at least 4 members (excludes halogenated alkanes) is 1. The van der Waals surface area contributed by atoms with Crippen LogP contribution in [0.1, 0.15) is 19.8 Å². The Kier molecular flexibility index (Phi) is 6.76. The zero-order valence-electron chi connectivity index (χ0n) is 19.4. The number of hydrogen-bond acceptors (Lipinski definition) is 6. The number of rotatable bonds is 8. The molecular weight excluding hydrogens is 464 g/mol. The third-order valence-electron chi connectivity index (χ3n) is 5.73. The Labute approximate surface area is 206 Å². The van der Waals surface area contributed by atoms with E-state index in [1.165, 1.54) is 11.8 Å². The minimum atomic E-state index is -0.194. The van der Waals surface area contributed by atoms with Crippen molar-refractivity contribution in [3.05, 3.63) is 65.1 Å². The van der Waals surface area contributed by atoms with E-state index in [-0.39, 0.29) is 17.2 Å². The summed E-state index contributed by atoms with van der Waals surface area (Å²) in [6.45, 7) is 3.62. The van der Waals surface area contributed by atoms with E-state index in [0.717, 1.165) is 24.0 Å². The highest BCUT2D eigenvalue weighted by Crippen LogP contribution is 2.33. The topological polar surface area (TPSA) is 98.2 Å². The van der Waals surface area contributed by atoms with Gasteiger partial charge in [0.1, 0.15) is 24.2 Å². The van der Waals surface area contributed by atoms with Gasteiger partial charge in [-0.1, -0.05) is 55.4 Å². The molecule has 2 N–H and O–H groups in total. The molecule has 4 aromatic rings. The maximum Gasteiger partial charge on any atom is 0.278 e. The summed E-state index contributed by atoms with van der Waals surface area (Å²) in [5.74, 6) is 1.20. The third kappa shape index (κ3) is 4.90. The molecule has 1 aliphatic heterocycles. The smallest absolute Gasteiger partial charge is 0.278 e. The molecule has 0 radical (unpaired) electrons. The van der Waals surface area contributed by atoms with Crippen LogP contribution >= 0.6 is 11.8 Å². The fourth-order valence-electron chi connectivity index (χ4n) is 3.98. The third-order valence-corrected chi connectivity index (χ3v) is 6.70. The maximum atomic E-state index is 13.3. The summed E-state index contributed by atoms with van der Waals surface area (Å²) in [6.07, 6.45) is 3.61. The summed E-state index contributed by atoms with van der Waals surface area (Å²) in [5, 5.41) is 3.42. The maximum absolute atomic E-state index is 13.3. The van der Waals surface area contributed by atoms with Gasteiger partial charge in [0.15, 0.2) is 16.7 Å². The van der Waals surface area contributed by atoms with E-state index in [4.69, 9.17) is 14.5 Å². The number of aromatic nitrogens is 3. The second-order valence-electron chi connectivity index (χ2n) is 8.19. The van der Waals surface area contributed by atoms with Gasteiger partial charge in [-0.05, 0) is 24.1 Å². The van der Waals surface area contributed by atoms with Gasteiger partial charge in [-0.2, -0.15) is 0 Å². The first-order valence-corrected chi connectivity index (χ1v) is 12.6. The molecule has 2 aromatic heterocycles. The number of thioether (sulfide) groups is 1. The standard InChI is InChI=1S/C26H26N4O4S/c1-2-3-11-30-25(32)24-23(19(15-27-24)17-7-5-4-6-8-17)29-26(30)35-16-22(31)28-18-9-10-20-21(14-18)34-13-12-33-20/h4-10,14-15,27H,2-3,11-13,16H2,1H3,(H,28,31). The van der Waals surface area contributed by atoms with E-state index >= 15 is 0 Å². The monoisotopic (exact) mass is 490 g/mol. The first-order valence-electron chi connectivity index (χ1n) is 11.6. The number of nitrogens with one attached hydrogen (secondary N) is 2. The summed E-state index contributed by atoms with van der Waals surface area (Å²) < 4.78 is 12.8. The van der Waals surface area contributed by atoms with Gasteiger partial charge in [0, 0.05) is 30.1 Å². The van der Waals surface area contributed by atoms with Crippen molar-refractivity contribution in [1.29, 1.82) is 0 Å². The number of aromatic amines is 1. The van der Waals surface area contributed by atoms with Crippen LogP contribution in [0.5, 0.6) is 11.5 Å². The van der Waals surface area contributed by atoms with Crippen molar-refractivity contribution < 1.29 is 14.3 Å². The van der Waals surface area contributed by atoms with Gasteiger partial charge in [-0.25, -0.2) is 4.98 Å². The Hall–Kier alpha value is -3.72. The normalized spacial score (nSPS) is 12.6. The van der Waals surface area contributed by atoms with Crippen LogP contribution < -0.4 is 20.3 Å². The fraction of sp³-hybridized carbons (Fsp3) is 0.269. The molecule has 8 nitrogen and oxygen atoms in total. The van der Waals surface area contributed by atoms with E-state index in [9.17, 15) is 9.59 Å². The number of fused-ring (bicyclic) bond motifs is 2. The highest BCUT2D eigenvalue weighted by molar-refractivity contribution is 7.99. The molecule has 2 aromatic carbocycles. The summed E-state index contributed by atoms with van der Waals surface area (Å²) >= 11 is 1.26. The van der Waals surface area contributed by atoms with Crippen LogP contribution in [0.15, 0.2) is 64.7 Å². The van der Waals surface area contributed by atoms with Crippen molar-refractivity contribution in [3.63, 3.8) is 0 Å². The molecule has 0 saturated heterocycles. The zero-order chi connectivity index (χ0) is 24.2. The number of nitrogens with zero attached hydrogens (tertiary/aromatic N) is 2. The molecule has 0 fully saturated rings. The predicted molar refractivity (Wildman–Crippen MR) is 137 cm³/mol. The SMILES string of the molecule is CCCCn1c(SCC(=O)Nc2ccc3c(c2)OCCO3)nc2c(-c3ccccc3)c[nH]c2c1=O. The molecule has 5 rings (SSSR count). The van der Waals surface area contributed by atoms with E-state index in [0.29, 0.717) is 53.1 Å². The molecule has 0 bridgehead atoms. The van der Waals surface area contributed by atoms with Crippen molar-refractivity contribution in [3.8, 4) is 22.6 Å². The lowest BCUT2D eigenvalue weighted by Crippen LogP contribution is -2.24. The van der Waals surface area contributed by atoms with Crippen LogP contribution in [-0.4, -0.2) is 39.4 Å². The molecule has 0 atom stereocenters. The Morgan fingerprint density at radius 2 is 1.94 bits per heavy atom. The molecule has 1 aliphatic rings. The van der Waals surface area contributed by atoms with Crippen molar-refractivity contribution in [2.75, 3.05) is 24.3 Å². The van der Waals surface area contributed by atoms with E-state index in [1.807, 2.05) is 36.5 Å². The lowest BCUT2D eigenvalue weighted by Gasteiger charge is -2.19. The molecule has 0 unspecified atom stereocenters. The van der Waals surface area contributed by atoms with Crippen molar-refractivity contribution >= 4 is 34.4 Å². The molecule has 35 heavy (non-hydrogen) atoms. The van der Waals surface area contributed by atoms with Crippen molar-refractivity contribution in [2.24, 2.45) is 0 Å². The van der Waals surface area contributed by atoms with Crippen LogP contribution in [0.25, 0.3) is 22.2 Å². The second-order valence-corrected chi connectivity index (χ2v) is 9.13. The van der Waals surface area contributed by atoms with Crippen LogP contribution in [-0.2, 0) is 11.3 Å². The molecule has 0 spiro atoms. The van der Waals surface area contributed by atoms with E-state index < -0.39 is 0 Å². The van der Waals surface area contributed by atoms with E-state index in [1.54, 1.807) is 22.8 Å². The molecule has 0 aliphatic carbocycles. The summed E-state index contributed by atoms with van der Waals surface area (Å²) in [6, 6.07) is 15.1. The van der Waals surface area contributed by atoms with Gasteiger partial charge in [-0.15, -0.1) is 0 Å². The fourth-order valence-corrected chi connectivity index (χ4v) is 4.80. The Morgan fingerprint density at radius 3 is 2.74 bits per heavy atom. The average molecular weight is 491 g/mol. The van der Waals surface area contributed by atoms with Crippen LogP contribution in [0.2, 0.25) is 0 Å². The number of amides is 1. The molecular formula is C26H26N4O4S. The van der Waals surface area contributed by atoms with Gasteiger partial charge >= 0.3 is 0 Å². The molecule has 0 saturated carbocycles. The largest absolute Gasteiger partial charge is 0.486 e. The molecule has 3 heterocycles. The minimum Gasteiger partial charge on any atom is -0.486 e. The number of anilines is 1. The van der Waals surface area contributed by atoms with Crippen molar-refractivity contribution in [2.45, 2.75) is 31.5 Å². The van der Waals surface area contributed by atoms with Gasteiger partial charge < -0.3 is 19.8 Å². The van der Waals surface area contributed by atoms with Gasteiger partial charge in [0.05, 0.1) is 5.75 Å². The quantitative estimate of drug-likeness (QED) is 0.275. The lowest BCUT2D eigenvalue weighted by molar-refractivity contribution is -0.113. The number of carbonyl (C=O) groups excluding carboxylic acids is 1. The molecule has 1 amide bonds. The molecule has 9 heteroatoms. The number of hydrogen-bond donors (Lipinski definition) is 2. The van der Waals surface area contributed by atoms with Crippen LogP contribution in [0.3, 0.4) is 0 Å². The van der Waals surface area contributed by atoms with Gasteiger partial charge in [-0.3, -0.25) is 14.2 Å². The number of H-pyrrole nitrogens is 1.